The third-order valence-electron chi connectivity index (χ3n) is 2.92. The van der Waals surface area contributed by atoms with Crippen LogP contribution in [0.1, 0.15) is 18.1 Å². The summed E-state index contributed by atoms with van der Waals surface area (Å²) in [4.78, 5) is 2.25. The molecular weight excluding hydrogens is 226 g/mol. The van der Waals surface area contributed by atoms with Crippen molar-refractivity contribution in [1.29, 1.82) is 5.26 Å². The van der Waals surface area contributed by atoms with E-state index in [2.05, 4.69) is 30.3 Å². The van der Waals surface area contributed by atoms with Gasteiger partial charge in [0.05, 0.1) is 12.7 Å². The molecule has 0 fully saturated rings. The van der Waals surface area contributed by atoms with E-state index in [9.17, 15) is 0 Å². The van der Waals surface area contributed by atoms with Crippen LogP contribution in [0, 0.1) is 11.3 Å². The van der Waals surface area contributed by atoms with Crippen LogP contribution >= 0.6 is 0 Å². The minimum Gasteiger partial charge on any atom is -0.495 e. The second-order valence-electron chi connectivity index (χ2n) is 4.22. The lowest BCUT2D eigenvalue weighted by atomic mass is 10.1. The number of nitrogens with one attached hydrogen (secondary N) is 1. The fraction of sp³-hybridized carbons (Fsp3) is 0.500. The van der Waals surface area contributed by atoms with Gasteiger partial charge in [0.2, 0.25) is 0 Å². The molecule has 1 N–H and O–H groups in total. The predicted molar refractivity (Wildman–Crippen MR) is 72.6 cm³/mol. The van der Waals surface area contributed by atoms with Crippen LogP contribution in [-0.4, -0.2) is 38.7 Å². The van der Waals surface area contributed by atoms with Crippen molar-refractivity contribution in [3.63, 3.8) is 0 Å². The summed E-state index contributed by atoms with van der Waals surface area (Å²) in [6.45, 7) is 5.94. The first-order valence-corrected chi connectivity index (χ1v) is 6.17. The van der Waals surface area contributed by atoms with Gasteiger partial charge in [0, 0.05) is 19.6 Å². The predicted octanol–water partition coefficient (Wildman–Crippen LogP) is 1.61. The first-order chi connectivity index (χ1) is 8.71. The number of nitriles is 1. The highest BCUT2D eigenvalue weighted by Crippen LogP contribution is 2.18. The van der Waals surface area contributed by atoms with Gasteiger partial charge in [-0.3, -0.25) is 0 Å². The van der Waals surface area contributed by atoms with E-state index in [0.29, 0.717) is 11.3 Å². The van der Waals surface area contributed by atoms with Crippen LogP contribution in [0.2, 0.25) is 0 Å². The van der Waals surface area contributed by atoms with Gasteiger partial charge >= 0.3 is 0 Å². The standard InChI is InChI=1S/C14H21N3O/c1-4-17(2)8-7-16-11-12-5-6-14(18-3)13(9-12)10-15/h5-6,9,16H,4,7-8,11H2,1-3H3. The maximum Gasteiger partial charge on any atom is 0.136 e. The van der Waals surface area contributed by atoms with Crippen LogP contribution in [0.5, 0.6) is 5.75 Å². The van der Waals surface area contributed by atoms with Crippen molar-refractivity contribution >= 4 is 0 Å². The van der Waals surface area contributed by atoms with Crippen LogP contribution in [-0.2, 0) is 6.54 Å². The molecule has 98 valence electrons. The van der Waals surface area contributed by atoms with Crippen LogP contribution < -0.4 is 10.1 Å². The second kappa shape index (κ2) is 7.70. The van der Waals surface area contributed by atoms with E-state index in [1.807, 2.05) is 18.2 Å². The Bertz CT molecular complexity index is 412. The minimum absolute atomic E-state index is 0.586. The maximum absolute atomic E-state index is 8.99. The summed E-state index contributed by atoms with van der Waals surface area (Å²) in [5.41, 5.74) is 1.69. The zero-order chi connectivity index (χ0) is 13.4. The minimum atomic E-state index is 0.586. The second-order valence-corrected chi connectivity index (χ2v) is 4.22. The van der Waals surface area contributed by atoms with Crippen LogP contribution in [0.25, 0.3) is 0 Å². The van der Waals surface area contributed by atoms with E-state index in [4.69, 9.17) is 10.00 Å². The first kappa shape index (κ1) is 14.5. The first-order valence-electron chi connectivity index (χ1n) is 6.17. The van der Waals surface area contributed by atoms with Crippen molar-refractivity contribution in [2.75, 3.05) is 33.8 Å². The number of benzene rings is 1. The summed E-state index contributed by atoms with van der Waals surface area (Å²) >= 11 is 0. The fourth-order valence-corrected chi connectivity index (χ4v) is 1.61. The Morgan fingerprint density at radius 3 is 2.83 bits per heavy atom. The highest BCUT2D eigenvalue weighted by atomic mass is 16.5. The number of rotatable bonds is 7. The van der Waals surface area contributed by atoms with Gasteiger partial charge in [-0.05, 0) is 31.3 Å². The molecule has 4 heteroatoms. The molecule has 0 amide bonds. The Labute approximate surface area is 109 Å². The Morgan fingerprint density at radius 1 is 1.44 bits per heavy atom. The van der Waals surface area contributed by atoms with Crippen molar-refractivity contribution in [3.05, 3.63) is 29.3 Å². The molecular formula is C14H21N3O. The molecule has 0 aromatic heterocycles. The normalized spacial score (nSPS) is 10.4. The van der Waals surface area contributed by atoms with E-state index in [-0.39, 0.29) is 0 Å². The number of ether oxygens (including phenoxy) is 1. The Kier molecular flexibility index (Phi) is 6.20. The molecule has 0 atom stereocenters. The molecule has 0 aliphatic carbocycles. The number of nitrogens with zero attached hydrogens (tertiary/aromatic N) is 2. The summed E-state index contributed by atoms with van der Waals surface area (Å²) in [5.74, 6) is 0.631. The largest absolute Gasteiger partial charge is 0.495 e. The molecule has 4 nitrogen and oxygen atoms in total. The van der Waals surface area contributed by atoms with Crippen LogP contribution in [0.4, 0.5) is 0 Å². The summed E-state index contributed by atoms with van der Waals surface area (Å²) in [5, 5.41) is 12.4. The van der Waals surface area contributed by atoms with Crippen molar-refractivity contribution in [2.45, 2.75) is 13.5 Å². The molecule has 0 saturated carbocycles. The molecule has 1 aromatic carbocycles. The number of hydrogen-bond donors (Lipinski definition) is 1. The fourth-order valence-electron chi connectivity index (χ4n) is 1.61. The quantitative estimate of drug-likeness (QED) is 0.744. The van der Waals surface area contributed by atoms with Crippen molar-refractivity contribution in [1.82, 2.24) is 10.2 Å². The zero-order valence-electron chi connectivity index (χ0n) is 11.4. The molecule has 18 heavy (non-hydrogen) atoms. The van der Waals surface area contributed by atoms with Gasteiger partial charge < -0.3 is 15.0 Å². The van der Waals surface area contributed by atoms with Gasteiger partial charge in [0.15, 0.2) is 0 Å². The van der Waals surface area contributed by atoms with E-state index in [1.165, 1.54) is 0 Å². The molecule has 0 saturated heterocycles. The van der Waals surface area contributed by atoms with E-state index in [0.717, 1.165) is 31.7 Å². The van der Waals surface area contributed by atoms with E-state index < -0.39 is 0 Å². The average Bonchev–Trinajstić information content (AvgIpc) is 2.42. The van der Waals surface area contributed by atoms with Gasteiger partial charge in [0.25, 0.3) is 0 Å². The molecule has 0 aliphatic rings. The average molecular weight is 247 g/mol. The van der Waals surface area contributed by atoms with Gasteiger partial charge in [-0.1, -0.05) is 13.0 Å². The smallest absolute Gasteiger partial charge is 0.136 e. The molecule has 0 radical (unpaired) electrons. The lowest BCUT2D eigenvalue weighted by molar-refractivity contribution is 0.349. The summed E-state index contributed by atoms with van der Waals surface area (Å²) in [7, 11) is 3.68. The third kappa shape index (κ3) is 4.36. The molecule has 1 rings (SSSR count). The Morgan fingerprint density at radius 2 is 2.22 bits per heavy atom. The molecule has 1 aromatic rings. The SMILES string of the molecule is CCN(C)CCNCc1ccc(OC)c(C#N)c1. The summed E-state index contributed by atoms with van der Waals surface area (Å²) < 4.78 is 5.11. The Hall–Kier alpha value is -1.57. The maximum atomic E-state index is 8.99. The van der Waals surface area contributed by atoms with Gasteiger partial charge in [-0.15, -0.1) is 0 Å². The van der Waals surface area contributed by atoms with Gasteiger partial charge in [-0.2, -0.15) is 5.26 Å². The van der Waals surface area contributed by atoms with Crippen molar-refractivity contribution in [3.8, 4) is 11.8 Å². The number of methoxy groups -OCH3 is 1. The van der Waals surface area contributed by atoms with E-state index in [1.54, 1.807) is 7.11 Å². The molecule has 0 bridgehead atoms. The van der Waals surface area contributed by atoms with Crippen molar-refractivity contribution in [2.24, 2.45) is 0 Å². The van der Waals surface area contributed by atoms with Crippen LogP contribution in [0.15, 0.2) is 18.2 Å². The Balaban J connectivity index is 2.46. The van der Waals surface area contributed by atoms with Crippen LogP contribution in [0.3, 0.4) is 0 Å². The molecule has 0 heterocycles. The zero-order valence-corrected chi connectivity index (χ0v) is 11.4. The highest BCUT2D eigenvalue weighted by molar-refractivity contribution is 5.45. The topological polar surface area (TPSA) is 48.3 Å². The molecule has 0 aliphatic heterocycles. The molecule has 0 unspecified atom stereocenters. The summed E-state index contributed by atoms with van der Waals surface area (Å²) in [6.07, 6.45) is 0. The highest BCUT2D eigenvalue weighted by Gasteiger charge is 2.03. The van der Waals surface area contributed by atoms with E-state index >= 15 is 0 Å². The number of likely N-dealkylation sites (N-methyl/N-ethyl adjacent to an activating group) is 1. The monoisotopic (exact) mass is 247 g/mol. The lowest BCUT2D eigenvalue weighted by Crippen LogP contribution is -2.28. The summed E-state index contributed by atoms with van der Waals surface area (Å²) in [6, 6.07) is 7.84. The third-order valence-corrected chi connectivity index (χ3v) is 2.92. The lowest BCUT2D eigenvalue weighted by Gasteiger charge is -2.14. The van der Waals surface area contributed by atoms with Gasteiger partial charge in [-0.25, -0.2) is 0 Å². The number of hydrogen-bond acceptors (Lipinski definition) is 4. The van der Waals surface area contributed by atoms with Gasteiger partial charge in [0.1, 0.15) is 11.8 Å². The van der Waals surface area contributed by atoms with Crippen molar-refractivity contribution < 1.29 is 4.74 Å². The molecule has 0 spiro atoms.